The van der Waals surface area contributed by atoms with Crippen LogP contribution in [0.2, 0.25) is 0 Å². The van der Waals surface area contributed by atoms with Gasteiger partial charge in [0.15, 0.2) is 0 Å². The molecule has 0 spiro atoms. The van der Waals surface area contributed by atoms with Gasteiger partial charge in [-0.3, -0.25) is 4.79 Å². The lowest BCUT2D eigenvalue weighted by Gasteiger charge is -2.04. The van der Waals surface area contributed by atoms with Gasteiger partial charge in [-0.1, -0.05) is 0 Å². The molecule has 1 aromatic heterocycles. The van der Waals surface area contributed by atoms with Crippen molar-refractivity contribution in [3.05, 3.63) is 19.2 Å². The van der Waals surface area contributed by atoms with Gasteiger partial charge in [0, 0.05) is 11.0 Å². The predicted molar refractivity (Wildman–Crippen MR) is 63.7 cm³/mol. The molecule has 0 aliphatic heterocycles. The van der Waals surface area contributed by atoms with Crippen LogP contribution in [0.5, 0.6) is 0 Å². The summed E-state index contributed by atoms with van der Waals surface area (Å²) < 4.78 is 1.75. The lowest BCUT2D eigenvalue weighted by atomic mass is 10.4. The van der Waals surface area contributed by atoms with Crippen molar-refractivity contribution >= 4 is 49.1 Å². The van der Waals surface area contributed by atoms with E-state index >= 15 is 0 Å². The fourth-order valence-corrected chi connectivity index (χ4v) is 2.74. The van der Waals surface area contributed by atoms with Crippen LogP contribution in [-0.4, -0.2) is 23.7 Å². The standard InChI is InChI=1S/C8H9Br2NO2S/c1-4(12)3-11-8(13)6-2-5(9)7(10)14-6/h2,4,12H,3H2,1H3,(H,11,13)/t4-/m0/s1. The van der Waals surface area contributed by atoms with Gasteiger partial charge in [0.2, 0.25) is 0 Å². The number of rotatable bonds is 3. The van der Waals surface area contributed by atoms with Crippen LogP contribution in [0.3, 0.4) is 0 Å². The number of carbonyl (C=O) groups is 1. The molecule has 3 nitrogen and oxygen atoms in total. The average Bonchev–Trinajstić information content (AvgIpc) is 2.43. The van der Waals surface area contributed by atoms with Crippen molar-refractivity contribution < 1.29 is 9.90 Å². The Hall–Kier alpha value is 0.0900. The largest absolute Gasteiger partial charge is 0.392 e. The van der Waals surface area contributed by atoms with E-state index in [1.54, 1.807) is 13.0 Å². The summed E-state index contributed by atoms with van der Waals surface area (Å²) >= 11 is 7.96. The minimum Gasteiger partial charge on any atom is -0.392 e. The quantitative estimate of drug-likeness (QED) is 0.886. The number of aliphatic hydroxyl groups is 1. The normalized spacial score (nSPS) is 12.6. The zero-order valence-electron chi connectivity index (χ0n) is 7.38. The predicted octanol–water partition coefficient (Wildman–Crippen LogP) is 2.38. The molecule has 1 atom stereocenters. The monoisotopic (exact) mass is 341 g/mol. The molecule has 1 heterocycles. The summed E-state index contributed by atoms with van der Waals surface area (Å²) in [4.78, 5) is 12.1. The van der Waals surface area contributed by atoms with Crippen LogP contribution in [0, 0.1) is 0 Å². The van der Waals surface area contributed by atoms with Crippen LogP contribution >= 0.6 is 43.2 Å². The van der Waals surface area contributed by atoms with E-state index in [9.17, 15) is 4.79 Å². The molecule has 2 N–H and O–H groups in total. The summed E-state index contributed by atoms with van der Waals surface area (Å²) in [5, 5.41) is 11.6. The topological polar surface area (TPSA) is 49.3 Å². The molecular formula is C8H9Br2NO2S. The average molecular weight is 343 g/mol. The fraction of sp³-hybridized carbons (Fsp3) is 0.375. The molecule has 0 unspecified atom stereocenters. The van der Waals surface area contributed by atoms with Crippen LogP contribution in [-0.2, 0) is 0 Å². The minimum absolute atomic E-state index is 0.165. The first-order valence-corrected chi connectivity index (χ1v) is 6.32. The molecule has 0 aliphatic rings. The minimum atomic E-state index is -0.522. The highest BCUT2D eigenvalue weighted by Gasteiger charge is 2.11. The summed E-state index contributed by atoms with van der Waals surface area (Å²) in [6.45, 7) is 1.90. The van der Waals surface area contributed by atoms with Crippen molar-refractivity contribution in [2.24, 2.45) is 0 Å². The lowest BCUT2D eigenvalue weighted by Crippen LogP contribution is -2.29. The van der Waals surface area contributed by atoms with Gasteiger partial charge in [0.25, 0.3) is 5.91 Å². The second kappa shape index (κ2) is 5.25. The van der Waals surface area contributed by atoms with E-state index in [1.165, 1.54) is 11.3 Å². The van der Waals surface area contributed by atoms with Crippen molar-refractivity contribution in [2.75, 3.05) is 6.54 Å². The molecule has 0 radical (unpaired) electrons. The number of amides is 1. The number of hydrogen-bond donors (Lipinski definition) is 2. The van der Waals surface area contributed by atoms with Gasteiger partial charge in [-0.2, -0.15) is 0 Å². The molecule has 0 bridgehead atoms. The van der Waals surface area contributed by atoms with Gasteiger partial charge in [-0.15, -0.1) is 11.3 Å². The van der Waals surface area contributed by atoms with Crippen molar-refractivity contribution in [2.45, 2.75) is 13.0 Å². The van der Waals surface area contributed by atoms with Gasteiger partial charge in [0.05, 0.1) is 14.8 Å². The Bertz CT molecular complexity index is 319. The molecule has 0 saturated heterocycles. The third-order valence-corrected chi connectivity index (χ3v) is 4.68. The van der Waals surface area contributed by atoms with Crippen molar-refractivity contribution in [3.8, 4) is 0 Å². The van der Waals surface area contributed by atoms with Crippen LogP contribution in [0.25, 0.3) is 0 Å². The van der Waals surface area contributed by atoms with E-state index in [4.69, 9.17) is 5.11 Å². The molecular weight excluding hydrogens is 334 g/mol. The lowest BCUT2D eigenvalue weighted by molar-refractivity contribution is 0.0928. The van der Waals surface area contributed by atoms with Gasteiger partial charge in [0.1, 0.15) is 0 Å². The zero-order valence-corrected chi connectivity index (χ0v) is 11.4. The number of nitrogens with one attached hydrogen (secondary N) is 1. The maximum Gasteiger partial charge on any atom is 0.261 e. The van der Waals surface area contributed by atoms with Gasteiger partial charge < -0.3 is 10.4 Å². The number of aliphatic hydroxyl groups excluding tert-OH is 1. The summed E-state index contributed by atoms with van der Waals surface area (Å²) in [5.41, 5.74) is 0. The smallest absolute Gasteiger partial charge is 0.261 e. The number of hydrogen-bond acceptors (Lipinski definition) is 3. The highest BCUT2D eigenvalue weighted by molar-refractivity contribution is 9.13. The third-order valence-electron chi connectivity index (χ3n) is 1.43. The second-order valence-corrected chi connectivity index (χ2v) is 6.02. The van der Waals surface area contributed by atoms with E-state index in [2.05, 4.69) is 37.2 Å². The molecule has 78 valence electrons. The van der Waals surface area contributed by atoms with E-state index in [0.29, 0.717) is 4.88 Å². The first-order chi connectivity index (χ1) is 6.50. The van der Waals surface area contributed by atoms with Crippen LogP contribution in [0.4, 0.5) is 0 Å². The number of thiophene rings is 1. The number of halogens is 2. The Morgan fingerprint density at radius 1 is 1.71 bits per heavy atom. The zero-order chi connectivity index (χ0) is 10.7. The molecule has 6 heteroatoms. The van der Waals surface area contributed by atoms with Crippen molar-refractivity contribution in [1.82, 2.24) is 5.32 Å². The van der Waals surface area contributed by atoms with Crippen LogP contribution < -0.4 is 5.32 Å². The van der Waals surface area contributed by atoms with Gasteiger partial charge >= 0.3 is 0 Å². The van der Waals surface area contributed by atoms with E-state index in [0.717, 1.165) is 8.26 Å². The Labute approximate surface area is 103 Å². The van der Waals surface area contributed by atoms with Gasteiger partial charge in [-0.25, -0.2) is 0 Å². The molecule has 14 heavy (non-hydrogen) atoms. The first kappa shape index (κ1) is 12.2. The SMILES string of the molecule is C[C@H](O)CNC(=O)c1cc(Br)c(Br)s1. The Kier molecular flexibility index (Phi) is 4.56. The summed E-state index contributed by atoms with van der Waals surface area (Å²) in [5.74, 6) is -0.165. The van der Waals surface area contributed by atoms with E-state index in [-0.39, 0.29) is 12.5 Å². The van der Waals surface area contributed by atoms with E-state index < -0.39 is 6.10 Å². The van der Waals surface area contributed by atoms with E-state index in [1.807, 2.05) is 0 Å². The van der Waals surface area contributed by atoms with Crippen molar-refractivity contribution in [3.63, 3.8) is 0 Å². The summed E-state index contributed by atoms with van der Waals surface area (Å²) in [7, 11) is 0. The molecule has 1 aromatic rings. The third kappa shape index (κ3) is 3.34. The maximum absolute atomic E-state index is 11.5. The maximum atomic E-state index is 11.5. The molecule has 0 saturated carbocycles. The van der Waals surface area contributed by atoms with Gasteiger partial charge in [-0.05, 0) is 44.8 Å². The molecule has 1 rings (SSSR count). The molecule has 1 amide bonds. The summed E-state index contributed by atoms with van der Waals surface area (Å²) in [6.07, 6.45) is -0.522. The Morgan fingerprint density at radius 3 is 2.79 bits per heavy atom. The highest BCUT2D eigenvalue weighted by atomic mass is 79.9. The summed E-state index contributed by atoms with van der Waals surface area (Å²) in [6, 6.07) is 1.74. The second-order valence-electron chi connectivity index (χ2n) is 2.79. The first-order valence-electron chi connectivity index (χ1n) is 3.92. The highest BCUT2D eigenvalue weighted by Crippen LogP contribution is 2.32. The van der Waals surface area contributed by atoms with Crippen LogP contribution in [0.15, 0.2) is 14.3 Å². The molecule has 0 aromatic carbocycles. The molecule has 0 aliphatic carbocycles. The van der Waals surface area contributed by atoms with Crippen LogP contribution in [0.1, 0.15) is 16.6 Å². The Morgan fingerprint density at radius 2 is 2.36 bits per heavy atom. The van der Waals surface area contributed by atoms with Crippen molar-refractivity contribution in [1.29, 1.82) is 0 Å². The fourth-order valence-electron chi connectivity index (χ4n) is 0.786. The molecule has 0 fully saturated rings. The Balaban J connectivity index is 2.61. The number of carbonyl (C=O) groups excluding carboxylic acids is 1.